The van der Waals surface area contributed by atoms with Gasteiger partial charge in [0.25, 0.3) is 0 Å². The maximum atomic E-state index is 12.2. The molecule has 0 bridgehead atoms. The molecule has 1 fully saturated rings. The van der Waals surface area contributed by atoms with Gasteiger partial charge in [-0.2, -0.15) is 0 Å². The number of imidazole rings is 1. The van der Waals surface area contributed by atoms with Gasteiger partial charge in [0.1, 0.15) is 12.6 Å². The highest BCUT2D eigenvalue weighted by atomic mass is 16.5. The summed E-state index contributed by atoms with van der Waals surface area (Å²) in [6, 6.07) is 7.47. The number of benzene rings is 1. The second-order valence-corrected chi connectivity index (χ2v) is 5.67. The van der Waals surface area contributed by atoms with E-state index in [4.69, 9.17) is 4.74 Å². The molecule has 0 saturated heterocycles. The largest absolute Gasteiger partial charge is 0.461 e. The van der Waals surface area contributed by atoms with Crippen molar-refractivity contribution in [1.29, 1.82) is 0 Å². The highest BCUT2D eigenvalue weighted by molar-refractivity contribution is 5.78. The van der Waals surface area contributed by atoms with Crippen molar-refractivity contribution in [3.8, 4) is 0 Å². The van der Waals surface area contributed by atoms with E-state index in [0.29, 0.717) is 0 Å². The highest BCUT2D eigenvalue weighted by Crippen LogP contribution is 2.20. The van der Waals surface area contributed by atoms with Crippen LogP contribution in [-0.4, -0.2) is 21.2 Å². The van der Waals surface area contributed by atoms with Gasteiger partial charge < -0.3 is 4.74 Å². The second-order valence-electron chi connectivity index (χ2n) is 5.67. The summed E-state index contributed by atoms with van der Waals surface area (Å²) in [5.74, 6) is -0.319. The molecule has 112 valence electrons. The lowest BCUT2D eigenvalue weighted by Gasteiger charge is -2.21. The molecule has 1 aromatic carbocycles. The molecule has 0 N–H and O–H groups in total. The van der Waals surface area contributed by atoms with Gasteiger partial charge in [-0.15, -0.1) is 0 Å². The molecule has 0 radical (unpaired) electrons. The third-order valence-corrected chi connectivity index (χ3v) is 4.19. The molecule has 1 aromatic heterocycles. The zero-order chi connectivity index (χ0) is 14.8. The molecule has 5 heteroatoms. The van der Waals surface area contributed by atoms with Crippen molar-refractivity contribution in [2.45, 2.75) is 44.8 Å². The first-order valence-electron chi connectivity index (χ1n) is 7.50. The Kier molecular flexibility index (Phi) is 3.82. The maximum Gasteiger partial charge on any atom is 0.329 e. The van der Waals surface area contributed by atoms with E-state index in [0.717, 1.165) is 36.7 Å². The zero-order valence-corrected chi connectivity index (χ0v) is 12.2. The number of carbonyl (C=O) groups excluding carboxylic acids is 1. The molecule has 1 aliphatic carbocycles. The van der Waals surface area contributed by atoms with Crippen LogP contribution in [0.5, 0.6) is 0 Å². The molecule has 3 rings (SSSR count). The molecule has 2 aromatic rings. The van der Waals surface area contributed by atoms with E-state index >= 15 is 0 Å². The molecular weight excluding hydrogens is 268 g/mol. The fourth-order valence-corrected chi connectivity index (χ4v) is 3.05. The number of rotatable bonds is 3. The Labute approximate surface area is 123 Å². The minimum atomic E-state index is -0.319. The normalized spacial score (nSPS) is 16.2. The minimum absolute atomic E-state index is 0.0172. The van der Waals surface area contributed by atoms with E-state index in [2.05, 4.69) is 0 Å². The fourth-order valence-electron chi connectivity index (χ4n) is 3.05. The van der Waals surface area contributed by atoms with Crippen LogP contribution >= 0.6 is 0 Å². The summed E-state index contributed by atoms with van der Waals surface area (Å²) < 4.78 is 8.55. The lowest BCUT2D eigenvalue weighted by Crippen LogP contribution is -2.29. The van der Waals surface area contributed by atoms with Crippen molar-refractivity contribution < 1.29 is 9.53 Å². The summed E-state index contributed by atoms with van der Waals surface area (Å²) in [5, 5.41) is 0. The van der Waals surface area contributed by atoms with Crippen molar-refractivity contribution in [3.63, 3.8) is 0 Å². The van der Waals surface area contributed by atoms with E-state index in [1.54, 1.807) is 11.6 Å². The van der Waals surface area contributed by atoms with Crippen molar-refractivity contribution in [1.82, 2.24) is 9.13 Å². The average Bonchev–Trinajstić information content (AvgIpc) is 2.74. The first-order chi connectivity index (χ1) is 10.2. The zero-order valence-electron chi connectivity index (χ0n) is 12.2. The molecule has 0 unspecified atom stereocenters. The van der Waals surface area contributed by atoms with Crippen LogP contribution in [0.3, 0.4) is 0 Å². The molecule has 0 aliphatic heterocycles. The second kappa shape index (κ2) is 5.76. The van der Waals surface area contributed by atoms with Gasteiger partial charge in [-0.05, 0) is 37.8 Å². The Morgan fingerprint density at radius 2 is 1.86 bits per heavy atom. The maximum absolute atomic E-state index is 12.2. The Bertz CT molecular complexity index is 708. The molecule has 5 nitrogen and oxygen atoms in total. The molecule has 1 heterocycles. The van der Waals surface area contributed by atoms with Crippen LogP contribution in [0.2, 0.25) is 0 Å². The molecule has 21 heavy (non-hydrogen) atoms. The number of aryl methyl sites for hydroxylation is 1. The Balaban J connectivity index is 1.80. The van der Waals surface area contributed by atoms with Crippen molar-refractivity contribution >= 4 is 17.0 Å². The summed E-state index contributed by atoms with van der Waals surface area (Å²) in [4.78, 5) is 24.3. The Morgan fingerprint density at radius 1 is 1.19 bits per heavy atom. The lowest BCUT2D eigenvalue weighted by molar-refractivity contribution is -0.151. The van der Waals surface area contributed by atoms with Gasteiger partial charge >= 0.3 is 11.7 Å². The van der Waals surface area contributed by atoms with Crippen LogP contribution in [0.25, 0.3) is 11.0 Å². The summed E-state index contributed by atoms with van der Waals surface area (Å²) in [7, 11) is 1.72. The van der Waals surface area contributed by atoms with Crippen molar-refractivity contribution in [2.24, 2.45) is 7.05 Å². The summed E-state index contributed by atoms with van der Waals surface area (Å²) in [5.41, 5.74) is 1.41. The summed E-state index contributed by atoms with van der Waals surface area (Å²) >= 11 is 0. The highest BCUT2D eigenvalue weighted by Gasteiger charge is 2.19. The number of hydrogen-bond acceptors (Lipinski definition) is 3. The third-order valence-electron chi connectivity index (χ3n) is 4.19. The van der Waals surface area contributed by atoms with Crippen LogP contribution in [0.1, 0.15) is 32.1 Å². The van der Waals surface area contributed by atoms with Crippen LogP contribution in [0.4, 0.5) is 0 Å². The Hall–Kier alpha value is -2.04. The third kappa shape index (κ3) is 2.73. The number of fused-ring (bicyclic) bond motifs is 1. The summed E-state index contributed by atoms with van der Waals surface area (Å²) in [6.07, 6.45) is 5.36. The molecule has 0 amide bonds. The molecular formula is C16H20N2O3. The Morgan fingerprint density at radius 3 is 2.57 bits per heavy atom. The number of hydrogen-bond donors (Lipinski definition) is 0. The standard InChI is InChI=1S/C16H20N2O3/c1-17-13-9-5-6-10-14(13)18(16(17)20)11-15(19)21-12-7-3-2-4-8-12/h5-6,9-10,12H,2-4,7-8,11H2,1H3. The molecule has 1 saturated carbocycles. The number of aromatic nitrogens is 2. The van der Waals surface area contributed by atoms with Crippen LogP contribution in [0, 0.1) is 0 Å². The van der Waals surface area contributed by atoms with E-state index in [1.165, 1.54) is 11.0 Å². The monoisotopic (exact) mass is 288 g/mol. The van der Waals surface area contributed by atoms with Gasteiger partial charge in [0.05, 0.1) is 11.0 Å². The van der Waals surface area contributed by atoms with Gasteiger partial charge in [0.2, 0.25) is 0 Å². The van der Waals surface area contributed by atoms with Crippen molar-refractivity contribution in [2.75, 3.05) is 0 Å². The van der Waals surface area contributed by atoms with Gasteiger partial charge in [-0.25, -0.2) is 4.79 Å². The van der Waals surface area contributed by atoms with E-state index in [-0.39, 0.29) is 24.3 Å². The number of ether oxygens (including phenoxy) is 1. The molecule has 0 spiro atoms. The SMILES string of the molecule is Cn1c(=O)n(CC(=O)OC2CCCCC2)c2ccccc21. The number of nitrogens with zero attached hydrogens (tertiary/aromatic N) is 2. The topological polar surface area (TPSA) is 53.2 Å². The lowest BCUT2D eigenvalue weighted by atomic mass is 9.98. The van der Waals surface area contributed by atoms with Crippen LogP contribution in [0.15, 0.2) is 29.1 Å². The number of carbonyl (C=O) groups is 1. The number of para-hydroxylation sites is 2. The fraction of sp³-hybridized carbons (Fsp3) is 0.500. The van der Waals surface area contributed by atoms with Crippen molar-refractivity contribution in [3.05, 3.63) is 34.7 Å². The summed E-state index contributed by atoms with van der Waals surface area (Å²) in [6.45, 7) is -0.0172. The molecule has 1 aliphatic rings. The van der Waals surface area contributed by atoms with E-state index < -0.39 is 0 Å². The average molecular weight is 288 g/mol. The quantitative estimate of drug-likeness (QED) is 0.814. The first kappa shape index (κ1) is 13.9. The van der Waals surface area contributed by atoms with Crippen LogP contribution in [-0.2, 0) is 23.1 Å². The van der Waals surface area contributed by atoms with Gasteiger partial charge in [0.15, 0.2) is 0 Å². The predicted molar refractivity (Wildman–Crippen MR) is 80.1 cm³/mol. The van der Waals surface area contributed by atoms with Crippen LogP contribution < -0.4 is 5.69 Å². The van der Waals surface area contributed by atoms with E-state index in [9.17, 15) is 9.59 Å². The predicted octanol–water partition coefficient (Wildman–Crippen LogP) is 2.22. The van der Waals surface area contributed by atoms with Gasteiger partial charge in [-0.3, -0.25) is 13.9 Å². The van der Waals surface area contributed by atoms with Gasteiger partial charge in [0, 0.05) is 7.05 Å². The van der Waals surface area contributed by atoms with E-state index in [1.807, 2.05) is 24.3 Å². The first-order valence-corrected chi connectivity index (χ1v) is 7.50. The smallest absolute Gasteiger partial charge is 0.329 e. The van der Waals surface area contributed by atoms with Gasteiger partial charge in [-0.1, -0.05) is 18.6 Å². The minimum Gasteiger partial charge on any atom is -0.461 e. The number of esters is 1. The molecule has 0 atom stereocenters.